The second-order valence-electron chi connectivity index (χ2n) is 19.6. The lowest BCUT2D eigenvalue weighted by Gasteiger charge is -2.50. The topological polar surface area (TPSA) is 115 Å². The third kappa shape index (κ3) is 7.31. The number of ketones is 1. The summed E-state index contributed by atoms with van der Waals surface area (Å²) in [6, 6.07) is 17.4. The molecule has 57 heavy (non-hydrogen) atoms. The van der Waals surface area contributed by atoms with Gasteiger partial charge in [-0.1, -0.05) is 39.0 Å². The van der Waals surface area contributed by atoms with Crippen LogP contribution in [0, 0.1) is 16.2 Å². The molecule has 3 aromatic carbocycles. The van der Waals surface area contributed by atoms with Crippen molar-refractivity contribution in [3.05, 3.63) is 88.0 Å². The number of hydrogen-bond donors (Lipinski definition) is 3. The van der Waals surface area contributed by atoms with Crippen LogP contribution >= 0.6 is 0 Å². The van der Waals surface area contributed by atoms with Crippen molar-refractivity contribution >= 4 is 5.78 Å². The highest BCUT2D eigenvalue weighted by molar-refractivity contribution is 5.80. The molecule has 2 heterocycles. The summed E-state index contributed by atoms with van der Waals surface area (Å²) in [6.45, 7) is 10.1. The molecule has 2 saturated heterocycles. The Labute approximate surface area is 338 Å². The van der Waals surface area contributed by atoms with E-state index in [2.05, 4.69) is 32.9 Å². The normalized spacial score (nSPS) is 33.9. The smallest absolute Gasteiger partial charge is 0.169 e. The number of ether oxygens (including phenoxy) is 4. The van der Waals surface area contributed by atoms with Crippen LogP contribution in [-0.4, -0.2) is 59.1 Å². The van der Waals surface area contributed by atoms with E-state index in [1.807, 2.05) is 36.4 Å². The number of phenols is 3. The first-order valence-electron chi connectivity index (χ1n) is 21.8. The molecule has 3 saturated carbocycles. The van der Waals surface area contributed by atoms with Crippen LogP contribution in [0.5, 0.6) is 17.2 Å². The summed E-state index contributed by atoms with van der Waals surface area (Å²) in [5.74, 6) is 2.17. The number of hydrogen-bond acceptors (Lipinski definition) is 8. The van der Waals surface area contributed by atoms with Crippen LogP contribution in [0.1, 0.15) is 149 Å². The van der Waals surface area contributed by atoms with Gasteiger partial charge in [0, 0.05) is 38.5 Å². The number of fused-ring (bicyclic) bond motifs is 9. The van der Waals surface area contributed by atoms with Gasteiger partial charge in [-0.3, -0.25) is 4.79 Å². The lowest BCUT2D eigenvalue weighted by molar-refractivity contribution is -0.198. The van der Waals surface area contributed by atoms with E-state index in [1.54, 1.807) is 6.07 Å². The molecule has 0 aromatic heterocycles. The number of benzene rings is 3. The first kappa shape index (κ1) is 39.1. The van der Waals surface area contributed by atoms with Crippen molar-refractivity contribution < 1.29 is 39.1 Å². The Bertz CT molecular complexity index is 1900. The first-order chi connectivity index (χ1) is 27.3. The molecule has 11 rings (SSSR count). The number of aromatic hydroxyl groups is 3. The molecule has 0 amide bonds. The van der Waals surface area contributed by atoms with Crippen LogP contribution in [0.25, 0.3) is 0 Å². The minimum absolute atomic E-state index is 0.290. The Balaban J connectivity index is 0.000000112. The second-order valence-corrected chi connectivity index (χ2v) is 19.6. The number of carbonyl (C=O) groups is 1. The lowest BCUT2D eigenvalue weighted by Crippen LogP contribution is -2.45. The molecule has 2 aliphatic heterocycles. The first-order valence-corrected chi connectivity index (χ1v) is 21.8. The molecule has 3 aromatic rings. The molecular weight excluding hydrogens is 717 g/mol. The maximum absolute atomic E-state index is 11.7. The van der Waals surface area contributed by atoms with Crippen LogP contribution < -0.4 is 0 Å². The van der Waals surface area contributed by atoms with Crippen molar-refractivity contribution in [2.45, 2.75) is 146 Å². The molecule has 6 aliphatic carbocycles. The highest BCUT2D eigenvalue weighted by atomic mass is 16.7. The third-order valence-corrected chi connectivity index (χ3v) is 16.1. The van der Waals surface area contributed by atoms with Gasteiger partial charge < -0.3 is 34.3 Å². The molecule has 2 spiro atoms. The standard InChI is InChI=1S/2C17H22O3.C15H18O2/c2*1-16-5-4-12-10-13(18)2-3-14(12)15(16)11-17(7-6-16)19-8-9-20-17;1-15-6-4-10-8-11(16)2-3-13(10)14(15)9-12(17)5-7-15/h2*2-3,10,15,18H,4-9,11H2,1H3;2-3,8,14,16H,4-7,9H2,1H3/t15-,16+;15-,16-;14-,15?/m111/s1. The van der Waals surface area contributed by atoms with Crippen LogP contribution in [0.2, 0.25) is 0 Å². The Morgan fingerprint density at radius 1 is 0.474 bits per heavy atom. The van der Waals surface area contributed by atoms with Gasteiger partial charge >= 0.3 is 0 Å². The summed E-state index contributed by atoms with van der Waals surface area (Å²) >= 11 is 0. The largest absolute Gasteiger partial charge is 0.508 e. The molecular formula is C49H62O8. The Hall–Kier alpha value is -3.43. The number of carbonyl (C=O) groups excluding carboxylic acids is 1. The van der Waals surface area contributed by atoms with Gasteiger partial charge in [0.05, 0.1) is 26.4 Å². The van der Waals surface area contributed by atoms with Crippen molar-refractivity contribution in [1.82, 2.24) is 0 Å². The van der Waals surface area contributed by atoms with Gasteiger partial charge in [0.2, 0.25) is 0 Å². The molecule has 5 fully saturated rings. The molecule has 8 heteroatoms. The summed E-state index contributed by atoms with van der Waals surface area (Å²) in [4.78, 5) is 11.7. The van der Waals surface area contributed by atoms with Crippen LogP contribution in [-0.2, 0) is 43.0 Å². The molecule has 0 bridgehead atoms. The van der Waals surface area contributed by atoms with Crippen LogP contribution in [0.15, 0.2) is 54.6 Å². The quantitative estimate of drug-likeness (QED) is 0.207. The van der Waals surface area contributed by atoms with Crippen molar-refractivity contribution in [1.29, 1.82) is 0 Å². The SMILES string of the molecule is CC12CCC(=O)C[C@@H]1c1ccc(O)cc1CC2.C[C@@]12CCc3cc(O)ccc3[C@H]1CC1(CC2)OCCO1.C[C@]12CCc3cc(O)ccc3[C@H]1CC1(CC2)OCCO1. The minimum atomic E-state index is -0.337. The van der Waals surface area contributed by atoms with E-state index in [0.29, 0.717) is 58.0 Å². The number of rotatable bonds is 0. The van der Waals surface area contributed by atoms with Crippen LogP contribution in [0.3, 0.4) is 0 Å². The Kier molecular flexibility index (Phi) is 10.1. The molecule has 1 unspecified atom stereocenters. The predicted octanol–water partition coefficient (Wildman–Crippen LogP) is 9.89. The second kappa shape index (κ2) is 14.7. The van der Waals surface area contributed by atoms with Gasteiger partial charge in [-0.15, -0.1) is 0 Å². The monoisotopic (exact) mass is 778 g/mol. The van der Waals surface area contributed by atoms with Crippen LogP contribution in [0.4, 0.5) is 0 Å². The highest BCUT2D eigenvalue weighted by Crippen LogP contribution is 2.59. The average Bonchev–Trinajstić information content (AvgIpc) is 3.86. The fourth-order valence-corrected chi connectivity index (χ4v) is 12.4. The van der Waals surface area contributed by atoms with Crippen molar-refractivity contribution in [2.24, 2.45) is 16.2 Å². The molecule has 0 radical (unpaired) electrons. The van der Waals surface area contributed by atoms with Gasteiger partial charge in [0.1, 0.15) is 23.0 Å². The Morgan fingerprint density at radius 2 is 0.825 bits per heavy atom. The van der Waals surface area contributed by atoms with E-state index in [9.17, 15) is 20.1 Å². The van der Waals surface area contributed by atoms with E-state index in [-0.39, 0.29) is 17.0 Å². The van der Waals surface area contributed by atoms with Gasteiger partial charge in [0.25, 0.3) is 0 Å². The van der Waals surface area contributed by atoms with Gasteiger partial charge in [-0.25, -0.2) is 0 Å². The van der Waals surface area contributed by atoms with Gasteiger partial charge in [-0.05, 0) is 162 Å². The fourth-order valence-electron chi connectivity index (χ4n) is 12.4. The maximum Gasteiger partial charge on any atom is 0.169 e. The zero-order chi connectivity index (χ0) is 39.6. The minimum Gasteiger partial charge on any atom is -0.508 e. The summed E-state index contributed by atoms with van der Waals surface area (Å²) in [5.41, 5.74) is 8.94. The zero-order valence-corrected chi connectivity index (χ0v) is 34.2. The van der Waals surface area contributed by atoms with Gasteiger partial charge in [0.15, 0.2) is 11.6 Å². The zero-order valence-electron chi connectivity index (χ0n) is 34.2. The third-order valence-electron chi connectivity index (χ3n) is 16.1. The summed E-state index contributed by atoms with van der Waals surface area (Å²) in [6.07, 6.45) is 15.5. The van der Waals surface area contributed by atoms with E-state index >= 15 is 0 Å². The van der Waals surface area contributed by atoms with E-state index in [1.165, 1.54) is 46.2 Å². The van der Waals surface area contributed by atoms with Crippen molar-refractivity contribution in [3.63, 3.8) is 0 Å². The molecule has 3 N–H and O–H groups in total. The Morgan fingerprint density at radius 3 is 1.23 bits per heavy atom. The van der Waals surface area contributed by atoms with E-state index in [4.69, 9.17) is 18.9 Å². The van der Waals surface area contributed by atoms with Crippen molar-refractivity contribution in [2.75, 3.05) is 26.4 Å². The fraction of sp³-hybridized carbons (Fsp3) is 0.612. The summed E-state index contributed by atoms with van der Waals surface area (Å²) in [5, 5.41) is 28.9. The van der Waals surface area contributed by atoms with Gasteiger partial charge in [-0.2, -0.15) is 0 Å². The molecule has 8 nitrogen and oxygen atoms in total. The molecule has 6 atom stereocenters. The van der Waals surface area contributed by atoms with E-state index in [0.717, 1.165) is 103 Å². The van der Waals surface area contributed by atoms with Crippen molar-refractivity contribution in [3.8, 4) is 17.2 Å². The summed E-state index contributed by atoms with van der Waals surface area (Å²) in [7, 11) is 0. The number of Topliss-reactive ketones (excluding diaryl/α,β-unsaturated/α-hetero) is 1. The number of phenolic OH excluding ortho intramolecular Hbond substituents is 3. The highest BCUT2D eigenvalue weighted by Gasteiger charge is 2.53. The molecule has 306 valence electrons. The summed E-state index contributed by atoms with van der Waals surface area (Å²) < 4.78 is 23.8. The number of aryl methyl sites for hydroxylation is 3. The maximum atomic E-state index is 11.7. The molecule has 8 aliphatic rings. The average molecular weight is 779 g/mol. The predicted molar refractivity (Wildman–Crippen MR) is 218 cm³/mol. The lowest BCUT2D eigenvalue weighted by atomic mass is 9.57. The van der Waals surface area contributed by atoms with E-state index < -0.39 is 0 Å².